The minimum atomic E-state index is -1.13. The first kappa shape index (κ1) is 10.4. The molecule has 1 unspecified atom stereocenters. The Morgan fingerprint density at radius 1 is 1.31 bits per heavy atom. The second kappa shape index (κ2) is 4.16. The van der Waals surface area contributed by atoms with Crippen molar-refractivity contribution in [3.05, 3.63) is 53.7 Å². The van der Waals surface area contributed by atoms with E-state index in [1.807, 2.05) is 0 Å². The molecule has 2 aromatic rings. The Kier molecular flexibility index (Phi) is 2.70. The molecule has 0 aliphatic heterocycles. The van der Waals surface area contributed by atoms with Gasteiger partial charge in [0.15, 0.2) is 5.76 Å². The zero-order valence-corrected chi connectivity index (χ0v) is 8.20. The molecule has 0 aromatic carbocycles. The Morgan fingerprint density at radius 3 is 2.62 bits per heavy atom. The first-order valence-corrected chi connectivity index (χ1v) is 4.59. The van der Waals surface area contributed by atoms with E-state index in [9.17, 15) is 9.90 Å². The van der Waals surface area contributed by atoms with Crippen LogP contribution in [0.2, 0.25) is 0 Å². The van der Waals surface area contributed by atoms with Gasteiger partial charge in [-0.2, -0.15) is 0 Å². The van der Waals surface area contributed by atoms with Gasteiger partial charge in [0.05, 0.1) is 6.26 Å². The van der Waals surface area contributed by atoms with E-state index in [-0.39, 0.29) is 11.3 Å². The molecule has 1 atom stereocenters. The molecule has 0 aliphatic carbocycles. The van der Waals surface area contributed by atoms with Gasteiger partial charge in [-0.3, -0.25) is 4.98 Å². The fraction of sp³-hybridized carbons (Fsp3) is 0.0909. The van der Waals surface area contributed by atoms with Crippen LogP contribution in [0.1, 0.15) is 27.8 Å². The van der Waals surface area contributed by atoms with Gasteiger partial charge in [0.2, 0.25) is 0 Å². The Labute approximate surface area is 91.0 Å². The summed E-state index contributed by atoms with van der Waals surface area (Å²) in [6.07, 6.45) is 3.18. The minimum absolute atomic E-state index is 0.0266. The molecule has 2 heterocycles. The summed E-state index contributed by atoms with van der Waals surface area (Å²) < 4.78 is 4.99. The summed E-state index contributed by atoms with van der Waals surface area (Å²) in [6, 6.07) is 4.50. The third-order valence-electron chi connectivity index (χ3n) is 2.20. The van der Waals surface area contributed by atoms with Crippen molar-refractivity contribution >= 4 is 5.97 Å². The highest BCUT2D eigenvalue weighted by Crippen LogP contribution is 2.25. The Bertz CT molecular complexity index is 492. The number of carbonyl (C=O) groups is 1. The Balaban J connectivity index is 2.38. The largest absolute Gasteiger partial charge is 0.478 e. The highest BCUT2D eigenvalue weighted by molar-refractivity contribution is 5.88. The van der Waals surface area contributed by atoms with Crippen molar-refractivity contribution in [1.29, 1.82) is 0 Å². The second-order valence-corrected chi connectivity index (χ2v) is 3.19. The maximum absolute atomic E-state index is 10.8. The number of hydrogen-bond donors (Lipinski definition) is 2. The molecule has 2 aromatic heterocycles. The number of aliphatic hydroxyl groups is 1. The fourth-order valence-electron chi connectivity index (χ4n) is 1.41. The third kappa shape index (κ3) is 1.80. The molecule has 0 spiro atoms. The van der Waals surface area contributed by atoms with Crippen molar-refractivity contribution in [3.8, 4) is 0 Å². The van der Waals surface area contributed by atoms with Gasteiger partial charge in [0, 0.05) is 12.4 Å². The summed E-state index contributed by atoms with van der Waals surface area (Å²) in [6.45, 7) is 0. The molecule has 2 N–H and O–H groups in total. The quantitative estimate of drug-likeness (QED) is 0.816. The smallest absolute Gasteiger partial charge is 0.339 e. The molecular formula is C11H9NO4. The van der Waals surface area contributed by atoms with E-state index in [2.05, 4.69) is 4.98 Å². The van der Waals surface area contributed by atoms with Crippen molar-refractivity contribution in [3.63, 3.8) is 0 Å². The van der Waals surface area contributed by atoms with Crippen LogP contribution in [0.25, 0.3) is 0 Å². The second-order valence-electron chi connectivity index (χ2n) is 3.19. The molecule has 0 bridgehead atoms. The summed E-state index contributed by atoms with van der Waals surface area (Å²) in [4.78, 5) is 14.6. The zero-order chi connectivity index (χ0) is 11.5. The predicted molar refractivity (Wildman–Crippen MR) is 54.0 cm³/mol. The van der Waals surface area contributed by atoms with Gasteiger partial charge in [-0.05, 0) is 23.8 Å². The van der Waals surface area contributed by atoms with Gasteiger partial charge in [-0.25, -0.2) is 4.79 Å². The van der Waals surface area contributed by atoms with Gasteiger partial charge in [-0.1, -0.05) is 0 Å². The minimum Gasteiger partial charge on any atom is -0.478 e. The summed E-state index contributed by atoms with van der Waals surface area (Å²) in [5.41, 5.74) is 0.497. The van der Waals surface area contributed by atoms with Crippen LogP contribution in [0.5, 0.6) is 0 Å². The number of hydrogen-bond acceptors (Lipinski definition) is 4. The summed E-state index contributed by atoms with van der Waals surface area (Å²) >= 11 is 0. The zero-order valence-electron chi connectivity index (χ0n) is 8.20. The molecule has 0 saturated heterocycles. The van der Waals surface area contributed by atoms with Crippen LogP contribution in [-0.4, -0.2) is 21.2 Å². The monoisotopic (exact) mass is 219 g/mol. The third-order valence-corrected chi connectivity index (χ3v) is 2.20. The van der Waals surface area contributed by atoms with Crippen LogP contribution in [0.3, 0.4) is 0 Å². The SMILES string of the molecule is O=C(O)c1ccoc1C(O)c1ccncc1. The lowest BCUT2D eigenvalue weighted by Gasteiger charge is -2.08. The molecule has 0 amide bonds. The van der Waals surface area contributed by atoms with Crippen LogP contribution in [0.4, 0.5) is 0 Å². The van der Waals surface area contributed by atoms with Crippen LogP contribution in [0.15, 0.2) is 41.3 Å². The maximum Gasteiger partial charge on any atom is 0.339 e. The number of aromatic nitrogens is 1. The molecule has 16 heavy (non-hydrogen) atoms. The lowest BCUT2D eigenvalue weighted by molar-refractivity contribution is 0.0687. The molecule has 5 heteroatoms. The van der Waals surface area contributed by atoms with Gasteiger partial charge in [0.25, 0.3) is 0 Å². The normalized spacial score (nSPS) is 12.3. The fourth-order valence-corrected chi connectivity index (χ4v) is 1.41. The van der Waals surface area contributed by atoms with Crippen molar-refractivity contribution in [2.24, 2.45) is 0 Å². The summed E-state index contributed by atoms with van der Waals surface area (Å²) in [5, 5.41) is 18.8. The number of nitrogens with zero attached hydrogens (tertiary/aromatic N) is 1. The van der Waals surface area contributed by atoms with Crippen LogP contribution >= 0.6 is 0 Å². The van der Waals surface area contributed by atoms with E-state index in [4.69, 9.17) is 9.52 Å². The maximum atomic E-state index is 10.8. The number of aromatic carboxylic acids is 1. The molecule has 0 saturated carbocycles. The van der Waals surface area contributed by atoms with E-state index in [1.54, 1.807) is 12.1 Å². The topological polar surface area (TPSA) is 83.6 Å². The number of carboxylic acid groups (broad SMARTS) is 1. The Hall–Kier alpha value is -2.14. The highest BCUT2D eigenvalue weighted by Gasteiger charge is 2.21. The molecule has 5 nitrogen and oxygen atoms in total. The van der Waals surface area contributed by atoms with E-state index >= 15 is 0 Å². The lowest BCUT2D eigenvalue weighted by Crippen LogP contribution is -2.05. The van der Waals surface area contributed by atoms with Crippen LogP contribution in [-0.2, 0) is 0 Å². The first-order valence-electron chi connectivity index (χ1n) is 4.59. The highest BCUT2D eigenvalue weighted by atomic mass is 16.4. The summed E-state index contributed by atoms with van der Waals surface area (Å²) in [5.74, 6) is -1.10. The first-order chi connectivity index (χ1) is 7.70. The van der Waals surface area contributed by atoms with Gasteiger partial charge in [0.1, 0.15) is 11.7 Å². The summed E-state index contributed by atoms with van der Waals surface area (Å²) in [7, 11) is 0. The van der Waals surface area contributed by atoms with E-state index in [0.29, 0.717) is 5.56 Å². The number of aliphatic hydroxyl groups excluding tert-OH is 1. The van der Waals surface area contributed by atoms with Crippen LogP contribution < -0.4 is 0 Å². The van der Waals surface area contributed by atoms with E-state index in [0.717, 1.165) is 0 Å². The van der Waals surface area contributed by atoms with Gasteiger partial charge < -0.3 is 14.6 Å². The number of furan rings is 1. The predicted octanol–water partition coefficient (Wildman–Crippen LogP) is 1.45. The van der Waals surface area contributed by atoms with Crippen molar-refractivity contribution in [1.82, 2.24) is 4.98 Å². The number of pyridine rings is 1. The molecule has 82 valence electrons. The molecule has 0 fully saturated rings. The average molecular weight is 219 g/mol. The van der Waals surface area contributed by atoms with E-state index in [1.165, 1.54) is 24.7 Å². The molecule has 0 aliphatic rings. The Morgan fingerprint density at radius 2 is 2.00 bits per heavy atom. The molecule has 0 radical (unpaired) electrons. The van der Waals surface area contributed by atoms with Crippen LogP contribution in [0, 0.1) is 0 Å². The molecular weight excluding hydrogens is 210 g/mol. The van der Waals surface area contributed by atoms with Crippen molar-refractivity contribution < 1.29 is 19.4 Å². The number of rotatable bonds is 3. The number of carboxylic acids is 1. The van der Waals surface area contributed by atoms with Crippen molar-refractivity contribution in [2.45, 2.75) is 6.10 Å². The molecule has 2 rings (SSSR count). The van der Waals surface area contributed by atoms with Gasteiger partial charge in [-0.15, -0.1) is 0 Å². The standard InChI is InChI=1S/C11H9NO4/c13-9(7-1-4-12-5-2-7)10-8(11(14)15)3-6-16-10/h1-6,9,13H,(H,14,15). The average Bonchev–Trinajstić information content (AvgIpc) is 2.78. The van der Waals surface area contributed by atoms with Crippen molar-refractivity contribution in [2.75, 3.05) is 0 Å². The van der Waals surface area contributed by atoms with E-state index < -0.39 is 12.1 Å². The lowest BCUT2D eigenvalue weighted by atomic mass is 10.1. The van der Waals surface area contributed by atoms with Gasteiger partial charge >= 0.3 is 5.97 Å².